The molecule has 0 atom stereocenters. The second-order valence-electron chi connectivity index (χ2n) is 3.04. The van der Waals surface area contributed by atoms with Crippen LogP contribution in [0.1, 0.15) is 19.3 Å². The summed E-state index contributed by atoms with van der Waals surface area (Å²) in [4.78, 5) is 0. The molecule has 0 saturated carbocycles. The van der Waals surface area contributed by atoms with Crippen molar-refractivity contribution in [3.8, 4) is 11.8 Å². The second kappa shape index (κ2) is 6.41. The molecule has 15 heavy (non-hydrogen) atoms. The van der Waals surface area contributed by atoms with Crippen LogP contribution in [0, 0.1) is 17.1 Å². The molecule has 0 aliphatic heterocycles. The summed E-state index contributed by atoms with van der Waals surface area (Å²) in [7, 11) is 0. The Labute approximate surface area is 96.8 Å². The van der Waals surface area contributed by atoms with Crippen molar-refractivity contribution in [2.45, 2.75) is 19.3 Å². The monoisotopic (exact) mass is 271 g/mol. The molecule has 0 heterocycles. The molecular formula is C11H11BrFNO. The van der Waals surface area contributed by atoms with Gasteiger partial charge in [-0.1, -0.05) is 15.9 Å². The average molecular weight is 272 g/mol. The van der Waals surface area contributed by atoms with Gasteiger partial charge in [0.25, 0.3) is 0 Å². The lowest BCUT2D eigenvalue weighted by Crippen LogP contribution is -1.99. The molecule has 0 fully saturated rings. The van der Waals surface area contributed by atoms with E-state index in [-0.39, 0.29) is 11.6 Å². The zero-order valence-corrected chi connectivity index (χ0v) is 9.76. The maximum Gasteiger partial charge on any atom is 0.165 e. The van der Waals surface area contributed by atoms with Crippen molar-refractivity contribution in [1.82, 2.24) is 0 Å². The van der Waals surface area contributed by atoms with Gasteiger partial charge in [-0.3, -0.25) is 0 Å². The van der Waals surface area contributed by atoms with Gasteiger partial charge in [-0.05, 0) is 31.0 Å². The molecule has 2 nitrogen and oxygen atoms in total. The predicted octanol–water partition coefficient (Wildman–Crippen LogP) is 3.66. The molecule has 0 aromatic heterocycles. The number of nitriles is 1. The van der Waals surface area contributed by atoms with Crippen molar-refractivity contribution >= 4 is 15.9 Å². The molecule has 0 amide bonds. The van der Waals surface area contributed by atoms with Crippen molar-refractivity contribution < 1.29 is 9.13 Å². The van der Waals surface area contributed by atoms with Crippen molar-refractivity contribution in [2.75, 3.05) is 6.61 Å². The largest absolute Gasteiger partial charge is 0.490 e. The van der Waals surface area contributed by atoms with E-state index >= 15 is 0 Å². The maximum absolute atomic E-state index is 13.1. The van der Waals surface area contributed by atoms with Crippen LogP contribution >= 0.6 is 15.9 Å². The van der Waals surface area contributed by atoms with Crippen LogP contribution in [0.4, 0.5) is 4.39 Å². The van der Waals surface area contributed by atoms with Gasteiger partial charge >= 0.3 is 0 Å². The number of ether oxygens (including phenoxy) is 1. The third-order valence-corrected chi connectivity index (χ3v) is 2.33. The SMILES string of the molecule is N#CCCCCOc1cc(Br)ccc1F. The lowest BCUT2D eigenvalue weighted by atomic mass is 10.2. The summed E-state index contributed by atoms with van der Waals surface area (Å²) < 4.78 is 19.2. The molecule has 0 spiro atoms. The highest BCUT2D eigenvalue weighted by atomic mass is 79.9. The maximum atomic E-state index is 13.1. The molecule has 1 rings (SSSR count). The van der Waals surface area contributed by atoms with Crippen LogP contribution in [0.5, 0.6) is 5.75 Å². The first-order valence-electron chi connectivity index (χ1n) is 4.69. The Hall–Kier alpha value is -1.08. The van der Waals surface area contributed by atoms with E-state index in [1.165, 1.54) is 6.07 Å². The number of hydrogen-bond acceptors (Lipinski definition) is 2. The molecule has 0 saturated heterocycles. The van der Waals surface area contributed by atoms with Crippen LogP contribution < -0.4 is 4.74 Å². The third kappa shape index (κ3) is 4.30. The highest BCUT2D eigenvalue weighted by molar-refractivity contribution is 9.10. The topological polar surface area (TPSA) is 33.0 Å². The smallest absolute Gasteiger partial charge is 0.165 e. The van der Waals surface area contributed by atoms with Gasteiger partial charge in [0.2, 0.25) is 0 Å². The second-order valence-corrected chi connectivity index (χ2v) is 3.95. The molecule has 80 valence electrons. The summed E-state index contributed by atoms with van der Waals surface area (Å²) in [6.45, 7) is 0.440. The number of hydrogen-bond donors (Lipinski definition) is 0. The first-order chi connectivity index (χ1) is 7.24. The Morgan fingerprint density at radius 2 is 2.20 bits per heavy atom. The lowest BCUT2D eigenvalue weighted by molar-refractivity contribution is 0.292. The number of rotatable bonds is 5. The van der Waals surface area contributed by atoms with Crippen LogP contribution in [0.15, 0.2) is 22.7 Å². The van der Waals surface area contributed by atoms with Gasteiger partial charge in [-0.25, -0.2) is 4.39 Å². The van der Waals surface area contributed by atoms with Gasteiger partial charge in [-0.2, -0.15) is 5.26 Å². The lowest BCUT2D eigenvalue weighted by Gasteiger charge is -2.06. The van der Waals surface area contributed by atoms with Gasteiger partial charge in [0, 0.05) is 10.9 Å². The molecule has 0 aliphatic carbocycles. The Bertz CT molecular complexity index is 362. The van der Waals surface area contributed by atoms with E-state index < -0.39 is 0 Å². The van der Waals surface area contributed by atoms with Gasteiger partial charge in [0.1, 0.15) is 0 Å². The van der Waals surface area contributed by atoms with Crippen LogP contribution in [0.2, 0.25) is 0 Å². The fraction of sp³-hybridized carbons (Fsp3) is 0.364. The zero-order chi connectivity index (χ0) is 11.1. The summed E-state index contributed by atoms with van der Waals surface area (Å²) in [5.74, 6) is -0.111. The van der Waals surface area contributed by atoms with Crippen LogP contribution in [0.3, 0.4) is 0 Å². The Kier molecular flexibility index (Phi) is 5.13. The molecule has 4 heteroatoms. The van der Waals surface area contributed by atoms with E-state index in [1.807, 2.05) is 6.07 Å². The van der Waals surface area contributed by atoms with E-state index in [0.29, 0.717) is 13.0 Å². The van der Waals surface area contributed by atoms with Crippen molar-refractivity contribution in [1.29, 1.82) is 5.26 Å². The normalized spacial score (nSPS) is 9.67. The summed E-state index contributed by atoms with van der Waals surface area (Å²) in [5, 5.41) is 8.31. The number of halogens is 2. The Balaban J connectivity index is 2.37. The minimum absolute atomic E-state index is 0.251. The molecule has 1 aromatic rings. The molecule has 0 bridgehead atoms. The van der Waals surface area contributed by atoms with Gasteiger partial charge < -0.3 is 4.74 Å². The minimum Gasteiger partial charge on any atom is -0.490 e. The number of benzene rings is 1. The quantitative estimate of drug-likeness (QED) is 0.766. The molecule has 1 aromatic carbocycles. The first kappa shape index (κ1) is 12.0. The van der Waals surface area contributed by atoms with E-state index in [4.69, 9.17) is 10.00 Å². The molecule has 0 aliphatic rings. The molecule has 0 N–H and O–H groups in total. The van der Waals surface area contributed by atoms with E-state index in [1.54, 1.807) is 12.1 Å². The summed E-state index contributed by atoms with van der Waals surface area (Å²) in [6, 6.07) is 6.63. The summed E-state index contributed by atoms with van der Waals surface area (Å²) in [6.07, 6.45) is 2.07. The zero-order valence-electron chi connectivity index (χ0n) is 8.17. The van der Waals surface area contributed by atoms with Crippen molar-refractivity contribution in [2.24, 2.45) is 0 Å². The molecule has 0 radical (unpaired) electrons. The van der Waals surface area contributed by atoms with Gasteiger partial charge in [0.05, 0.1) is 12.7 Å². The van der Waals surface area contributed by atoms with Gasteiger partial charge in [-0.15, -0.1) is 0 Å². The highest BCUT2D eigenvalue weighted by Gasteiger charge is 2.03. The van der Waals surface area contributed by atoms with Crippen LogP contribution in [-0.4, -0.2) is 6.61 Å². The summed E-state index contributed by atoms with van der Waals surface area (Å²) in [5.41, 5.74) is 0. The number of unbranched alkanes of at least 4 members (excludes halogenated alkanes) is 2. The standard InChI is InChI=1S/C11H11BrFNO/c12-9-4-5-10(13)11(8-9)15-7-3-1-2-6-14/h4-5,8H,1-3,7H2. The molecular weight excluding hydrogens is 261 g/mol. The predicted molar refractivity (Wildman–Crippen MR) is 59.1 cm³/mol. The Morgan fingerprint density at radius 3 is 2.93 bits per heavy atom. The highest BCUT2D eigenvalue weighted by Crippen LogP contribution is 2.22. The van der Waals surface area contributed by atoms with Gasteiger partial charge in [0.15, 0.2) is 11.6 Å². The third-order valence-electron chi connectivity index (χ3n) is 1.83. The summed E-state index contributed by atoms with van der Waals surface area (Å²) >= 11 is 3.24. The fourth-order valence-corrected chi connectivity index (χ4v) is 1.42. The first-order valence-corrected chi connectivity index (χ1v) is 5.48. The average Bonchev–Trinajstić information content (AvgIpc) is 2.23. The van der Waals surface area contributed by atoms with Crippen molar-refractivity contribution in [3.63, 3.8) is 0 Å². The molecule has 0 unspecified atom stereocenters. The van der Waals surface area contributed by atoms with E-state index in [9.17, 15) is 4.39 Å². The van der Waals surface area contributed by atoms with E-state index in [2.05, 4.69) is 15.9 Å². The van der Waals surface area contributed by atoms with E-state index in [0.717, 1.165) is 17.3 Å². The van der Waals surface area contributed by atoms with Crippen molar-refractivity contribution in [3.05, 3.63) is 28.5 Å². The number of nitrogens with zero attached hydrogens (tertiary/aromatic N) is 1. The minimum atomic E-state index is -0.363. The fourth-order valence-electron chi connectivity index (χ4n) is 1.08. The van der Waals surface area contributed by atoms with Crippen LogP contribution in [-0.2, 0) is 0 Å². The van der Waals surface area contributed by atoms with Crippen LogP contribution in [0.25, 0.3) is 0 Å². The Morgan fingerprint density at radius 1 is 1.40 bits per heavy atom.